The summed E-state index contributed by atoms with van der Waals surface area (Å²) in [5, 5.41) is 3.39. The second kappa shape index (κ2) is 6.30. The first-order valence-electron chi connectivity index (χ1n) is 6.25. The van der Waals surface area contributed by atoms with Gasteiger partial charge in [-0.15, -0.1) is 0 Å². The highest BCUT2D eigenvalue weighted by Gasteiger charge is 2.15. The molecule has 1 atom stereocenters. The summed E-state index contributed by atoms with van der Waals surface area (Å²) in [7, 11) is 1.94. The number of rotatable bonds is 5. The Hall–Kier alpha value is -1.20. The van der Waals surface area contributed by atoms with E-state index in [1.165, 1.54) is 6.07 Å². The predicted molar refractivity (Wildman–Crippen MR) is 77.4 cm³/mol. The lowest BCUT2D eigenvalue weighted by atomic mass is 10.0. The first-order valence-corrected chi connectivity index (χ1v) is 7.04. The number of nitrogens with one attached hydrogen (secondary N) is 1. The number of aryl methyl sites for hydroxylation is 1. The van der Waals surface area contributed by atoms with E-state index in [0.717, 1.165) is 22.3 Å². The van der Waals surface area contributed by atoms with Gasteiger partial charge in [-0.3, -0.25) is 0 Å². The van der Waals surface area contributed by atoms with Crippen LogP contribution in [0.25, 0.3) is 0 Å². The zero-order valence-electron chi connectivity index (χ0n) is 11.0. The van der Waals surface area contributed by atoms with Crippen molar-refractivity contribution in [3.63, 3.8) is 0 Å². The number of imidazole rings is 1. The van der Waals surface area contributed by atoms with Crippen molar-refractivity contribution in [1.29, 1.82) is 0 Å². The Bertz CT molecular complexity index is 553. The number of aromatic nitrogens is 2. The van der Waals surface area contributed by atoms with Crippen molar-refractivity contribution >= 4 is 15.9 Å². The minimum absolute atomic E-state index is 0.0873. The molecule has 2 rings (SSSR count). The molecule has 1 heterocycles. The molecule has 0 saturated carbocycles. The van der Waals surface area contributed by atoms with Crippen molar-refractivity contribution in [3.05, 3.63) is 52.3 Å². The van der Waals surface area contributed by atoms with E-state index in [2.05, 4.69) is 33.2 Å². The van der Waals surface area contributed by atoms with E-state index in [0.29, 0.717) is 6.42 Å². The lowest BCUT2D eigenvalue weighted by molar-refractivity contribution is 0.535. The maximum absolute atomic E-state index is 13.3. The van der Waals surface area contributed by atoms with Crippen LogP contribution < -0.4 is 5.32 Å². The summed E-state index contributed by atoms with van der Waals surface area (Å²) in [6.45, 7) is 2.89. The van der Waals surface area contributed by atoms with Gasteiger partial charge in [0.15, 0.2) is 0 Å². The third-order valence-corrected chi connectivity index (χ3v) is 3.74. The number of hydrogen-bond acceptors (Lipinski definition) is 2. The number of hydrogen-bond donors (Lipinski definition) is 1. The minimum atomic E-state index is -0.213. The molecule has 0 bridgehead atoms. The molecule has 0 aliphatic heterocycles. The molecular weight excluding hydrogens is 309 g/mol. The van der Waals surface area contributed by atoms with Gasteiger partial charge in [-0.2, -0.15) is 0 Å². The Morgan fingerprint density at radius 3 is 2.89 bits per heavy atom. The van der Waals surface area contributed by atoms with Crippen LogP contribution in [0.2, 0.25) is 0 Å². The Labute approximate surface area is 121 Å². The summed E-state index contributed by atoms with van der Waals surface area (Å²) in [4.78, 5) is 4.37. The third kappa shape index (κ3) is 3.64. The van der Waals surface area contributed by atoms with Gasteiger partial charge in [0.25, 0.3) is 0 Å². The number of halogens is 2. The van der Waals surface area contributed by atoms with Crippen LogP contribution in [0.3, 0.4) is 0 Å². The van der Waals surface area contributed by atoms with E-state index in [4.69, 9.17) is 0 Å². The Morgan fingerprint density at radius 2 is 2.26 bits per heavy atom. The molecule has 102 valence electrons. The second-order valence-corrected chi connectivity index (χ2v) is 5.37. The van der Waals surface area contributed by atoms with Gasteiger partial charge >= 0.3 is 0 Å². The molecule has 0 aliphatic carbocycles. The Kier molecular flexibility index (Phi) is 4.71. The molecule has 1 aromatic carbocycles. The van der Waals surface area contributed by atoms with Crippen LogP contribution >= 0.6 is 15.9 Å². The molecule has 1 unspecified atom stereocenters. The monoisotopic (exact) mass is 325 g/mol. The van der Waals surface area contributed by atoms with Crippen LogP contribution in [0.4, 0.5) is 4.39 Å². The highest BCUT2D eigenvalue weighted by Crippen LogP contribution is 2.24. The molecule has 2 aromatic rings. The van der Waals surface area contributed by atoms with Crippen LogP contribution in [0.15, 0.2) is 35.2 Å². The predicted octanol–water partition coefficient (Wildman–Crippen LogP) is 3.22. The van der Waals surface area contributed by atoms with Gasteiger partial charge in [-0.25, -0.2) is 9.37 Å². The summed E-state index contributed by atoms with van der Waals surface area (Å²) in [5.74, 6) is -0.213. The van der Waals surface area contributed by atoms with Crippen molar-refractivity contribution in [2.24, 2.45) is 7.05 Å². The highest BCUT2D eigenvalue weighted by atomic mass is 79.9. The average molecular weight is 326 g/mol. The fourth-order valence-corrected chi connectivity index (χ4v) is 2.47. The topological polar surface area (TPSA) is 29.9 Å². The van der Waals surface area contributed by atoms with E-state index in [1.54, 1.807) is 18.5 Å². The van der Waals surface area contributed by atoms with Gasteiger partial charge in [-0.1, -0.05) is 22.9 Å². The van der Waals surface area contributed by atoms with Crippen LogP contribution in [0, 0.1) is 5.82 Å². The molecule has 1 aromatic heterocycles. The Morgan fingerprint density at radius 1 is 1.47 bits per heavy atom. The van der Waals surface area contributed by atoms with Gasteiger partial charge in [-0.05, 0) is 36.7 Å². The molecule has 0 spiro atoms. The van der Waals surface area contributed by atoms with Crippen LogP contribution in [-0.4, -0.2) is 16.1 Å². The molecule has 19 heavy (non-hydrogen) atoms. The molecule has 0 radical (unpaired) electrons. The van der Waals surface area contributed by atoms with Crippen LogP contribution in [-0.2, 0) is 13.5 Å². The smallest absolute Gasteiger partial charge is 0.123 e. The molecule has 3 nitrogen and oxygen atoms in total. The van der Waals surface area contributed by atoms with Crippen molar-refractivity contribution < 1.29 is 4.39 Å². The fraction of sp³-hybridized carbons (Fsp3) is 0.357. The van der Waals surface area contributed by atoms with Gasteiger partial charge in [0.2, 0.25) is 0 Å². The third-order valence-electron chi connectivity index (χ3n) is 2.96. The van der Waals surface area contributed by atoms with E-state index < -0.39 is 0 Å². The first kappa shape index (κ1) is 14.2. The van der Waals surface area contributed by atoms with Crippen molar-refractivity contribution in [3.8, 4) is 0 Å². The van der Waals surface area contributed by atoms with Crippen LogP contribution in [0.5, 0.6) is 0 Å². The average Bonchev–Trinajstić information content (AvgIpc) is 2.80. The van der Waals surface area contributed by atoms with Crippen LogP contribution in [0.1, 0.15) is 24.2 Å². The normalized spacial score (nSPS) is 12.6. The molecule has 1 N–H and O–H groups in total. The lowest BCUT2D eigenvalue weighted by Gasteiger charge is -2.16. The molecule has 0 saturated heterocycles. The largest absolute Gasteiger partial charge is 0.340 e. The Balaban J connectivity index is 2.23. The zero-order valence-corrected chi connectivity index (χ0v) is 12.6. The quantitative estimate of drug-likeness (QED) is 0.914. The van der Waals surface area contributed by atoms with E-state index in [-0.39, 0.29) is 11.9 Å². The summed E-state index contributed by atoms with van der Waals surface area (Å²) in [6, 6.07) is 4.85. The van der Waals surface area contributed by atoms with E-state index >= 15 is 0 Å². The summed E-state index contributed by atoms with van der Waals surface area (Å²) in [5.41, 5.74) is 1.91. The lowest BCUT2D eigenvalue weighted by Crippen LogP contribution is -2.23. The van der Waals surface area contributed by atoms with Crippen molar-refractivity contribution in [1.82, 2.24) is 14.9 Å². The fourth-order valence-electron chi connectivity index (χ4n) is 2.06. The van der Waals surface area contributed by atoms with E-state index in [1.807, 2.05) is 17.8 Å². The molecule has 0 fully saturated rings. The van der Waals surface area contributed by atoms with Gasteiger partial charge in [0, 0.05) is 17.7 Å². The van der Waals surface area contributed by atoms with Gasteiger partial charge < -0.3 is 9.88 Å². The number of likely N-dealkylation sites (N-methyl/N-ethyl adjacent to an activating group) is 1. The maximum atomic E-state index is 13.3. The minimum Gasteiger partial charge on any atom is -0.340 e. The van der Waals surface area contributed by atoms with Gasteiger partial charge in [0.1, 0.15) is 5.82 Å². The summed E-state index contributed by atoms with van der Waals surface area (Å²) < 4.78 is 16.2. The summed E-state index contributed by atoms with van der Waals surface area (Å²) >= 11 is 3.47. The summed E-state index contributed by atoms with van der Waals surface area (Å²) in [6.07, 6.45) is 4.46. The van der Waals surface area contributed by atoms with Gasteiger partial charge in [0.05, 0.1) is 18.1 Å². The standard InChI is InChI=1S/C14H17BrFN3/c1-3-17-13(14-8-19(2)9-18-14)7-10-6-11(16)4-5-12(10)15/h4-6,8-9,13,17H,3,7H2,1-2H3. The van der Waals surface area contributed by atoms with E-state index in [9.17, 15) is 4.39 Å². The molecule has 0 amide bonds. The molecular formula is C14H17BrFN3. The SMILES string of the molecule is CCNC(Cc1cc(F)ccc1Br)c1cn(C)cn1. The highest BCUT2D eigenvalue weighted by molar-refractivity contribution is 9.10. The second-order valence-electron chi connectivity index (χ2n) is 4.51. The number of nitrogens with zero attached hydrogens (tertiary/aromatic N) is 2. The molecule has 5 heteroatoms. The molecule has 0 aliphatic rings. The van der Waals surface area contributed by atoms with Crippen molar-refractivity contribution in [2.45, 2.75) is 19.4 Å². The van der Waals surface area contributed by atoms with Crippen molar-refractivity contribution in [2.75, 3.05) is 6.54 Å². The zero-order chi connectivity index (χ0) is 13.8. The number of benzene rings is 1. The first-order chi connectivity index (χ1) is 9.10. The maximum Gasteiger partial charge on any atom is 0.123 e.